The van der Waals surface area contributed by atoms with Crippen molar-refractivity contribution in [2.75, 3.05) is 34.4 Å². The van der Waals surface area contributed by atoms with Crippen molar-refractivity contribution in [2.24, 2.45) is 23.2 Å². The first-order valence-corrected chi connectivity index (χ1v) is 12.6. The van der Waals surface area contributed by atoms with Gasteiger partial charge in [0.15, 0.2) is 5.82 Å². The Hall–Kier alpha value is -2.49. The lowest BCUT2D eigenvalue weighted by molar-refractivity contribution is -0.124. The van der Waals surface area contributed by atoms with Gasteiger partial charge in [-0.25, -0.2) is 0 Å². The monoisotopic (exact) mass is 454 g/mol. The van der Waals surface area contributed by atoms with Gasteiger partial charge in [-0.3, -0.25) is 4.79 Å². The number of nitrogen functional groups attached to an aromatic ring is 1. The number of carbonyl (C=O) groups is 1. The average Bonchev–Trinajstić information content (AvgIpc) is 3.37. The van der Waals surface area contributed by atoms with Gasteiger partial charge in [0.05, 0.1) is 0 Å². The molecule has 1 aliphatic heterocycles. The summed E-state index contributed by atoms with van der Waals surface area (Å²) in [6, 6.07) is 3.91. The van der Waals surface area contributed by atoms with E-state index in [1.54, 1.807) is 6.07 Å². The number of anilines is 4. The largest absolute Gasteiger partial charge is 0.382 e. The predicted octanol–water partition coefficient (Wildman–Crippen LogP) is 3.15. The van der Waals surface area contributed by atoms with Crippen LogP contribution in [0.1, 0.15) is 51.4 Å². The molecule has 1 saturated heterocycles. The highest BCUT2D eigenvalue weighted by molar-refractivity contribution is 7.19. The molecule has 10 heteroatoms. The molecule has 2 aromatic heterocycles. The molecule has 0 aromatic carbocycles. The van der Waals surface area contributed by atoms with Crippen molar-refractivity contribution in [3.63, 3.8) is 0 Å². The molecule has 32 heavy (non-hydrogen) atoms. The number of hydrogen-bond acceptors (Lipinski definition) is 9. The lowest BCUT2D eigenvalue weighted by Gasteiger charge is -2.56. The van der Waals surface area contributed by atoms with Crippen molar-refractivity contribution in [1.29, 1.82) is 0 Å². The summed E-state index contributed by atoms with van der Waals surface area (Å²) in [5.41, 5.74) is 5.87. The molecule has 7 rings (SSSR count). The van der Waals surface area contributed by atoms with Crippen LogP contribution in [-0.4, -0.2) is 45.4 Å². The van der Waals surface area contributed by atoms with E-state index in [2.05, 4.69) is 35.9 Å². The van der Waals surface area contributed by atoms with E-state index in [0.29, 0.717) is 17.4 Å². The van der Waals surface area contributed by atoms with Gasteiger partial charge in [-0.15, -0.1) is 20.4 Å². The number of nitrogens with zero attached hydrogens (tertiary/aromatic N) is 5. The Morgan fingerprint density at radius 2 is 1.78 bits per heavy atom. The second-order valence-corrected chi connectivity index (χ2v) is 11.4. The number of rotatable bonds is 6. The zero-order valence-corrected chi connectivity index (χ0v) is 19.0. The minimum absolute atomic E-state index is 0.101. The van der Waals surface area contributed by atoms with Crippen molar-refractivity contribution in [2.45, 2.75) is 57.4 Å². The third kappa shape index (κ3) is 4.00. The third-order valence-electron chi connectivity index (χ3n) is 7.88. The fraction of sp³-hybridized carbons (Fsp3) is 0.682. The summed E-state index contributed by atoms with van der Waals surface area (Å²) in [6.07, 6.45) is 9.53. The van der Waals surface area contributed by atoms with Crippen LogP contribution in [0, 0.1) is 23.2 Å². The summed E-state index contributed by atoms with van der Waals surface area (Å²) in [7, 11) is 0. The van der Waals surface area contributed by atoms with Crippen molar-refractivity contribution < 1.29 is 4.79 Å². The quantitative estimate of drug-likeness (QED) is 0.608. The van der Waals surface area contributed by atoms with Crippen LogP contribution in [0.25, 0.3) is 0 Å². The van der Waals surface area contributed by atoms with Crippen LogP contribution >= 0.6 is 11.3 Å². The number of nitrogens with two attached hydrogens (primary N) is 1. The van der Waals surface area contributed by atoms with Crippen molar-refractivity contribution in [3.8, 4) is 0 Å². The van der Waals surface area contributed by atoms with Gasteiger partial charge in [-0.1, -0.05) is 11.3 Å². The summed E-state index contributed by atoms with van der Waals surface area (Å²) in [4.78, 5) is 15.0. The molecule has 0 unspecified atom stereocenters. The molecule has 1 atom stereocenters. The number of aromatic nitrogens is 4. The van der Waals surface area contributed by atoms with E-state index in [9.17, 15) is 4.79 Å². The highest BCUT2D eigenvalue weighted by Gasteiger charge is 2.51. The fourth-order valence-electron chi connectivity index (χ4n) is 7.11. The lowest BCUT2D eigenvalue weighted by atomic mass is 9.49. The fourth-order valence-corrected chi connectivity index (χ4v) is 7.84. The first kappa shape index (κ1) is 20.1. The van der Waals surface area contributed by atoms with Gasteiger partial charge in [0.2, 0.25) is 16.2 Å². The van der Waals surface area contributed by atoms with Crippen LogP contribution in [-0.2, 0) is 4.79 Å². The van der Waals surface area contributed by atoms with Gasteiger partial charge in [-0.05, 0) is 80.2 Å². The van der Waals surface area contributed by atoms with Crippen molar-refractivity contribution in [1.82, 2.24) is 20.4 Å². The van der Waals surface area contributed by atoms with E-state index in [1.165, 1.54) is 49.9 Å². The Balaban J connectivity index is 1.02. The standard InChI is InChI=1S/C22H30N8OS/c23-17-1-2-18(27-26-17)30-4-3-16(12-30)24-20-28-29-21(32-20)25-19(31)11-22-8-13-5-14(9-22)7-15(6-13)10-22/h1-2,13-16H,3-12H2,(H2,23,26)(H,24,28)(H,25,29,31)/t13?,14?,15?,16-,22?/m1/s1. The average molecular weight is 455 g/mol. The maximum absolute atomic E-state index is 12.9. The zero-order chi connectivity index (χ0) is 21.7. The Labute approximate surface area is 191 Å². The Morgan fingerprint density at radius 1 is 1.06 bits per heavy atom. The summed E-state index contributed by atoms with van der Waals surface area (Å²) in [5, 5.41) is 24.4. The maximum atomic E-state index is 12.9. The van der Waals surface area contributed by atoms with Gasteiger partial charge < -0.3 is 21.3 Å². The Bertz CT molecular complexity index is 957. The van der Waals surface area contributed by atoms with Crippen LogP contribution in [0.4, 0.5) is 21.9 Å². The summed E-state index contributed by atoms with van der Waals surface area (Å²) < 4.78 is 0. The van der Waals surface area contributed by atoms with Gasteiger partial charge in [0, 0.05) is 25.6 Å². The van der Waals surface area contributed by atoms with E-state index < -0.39 is 0 Å². The molecule has 2 aromatic rings. The minimum atomic E-state index is 0.101. The first-order chi connectivity index (χ1) is 15.5. The van der Waals surface area contributed by atoms with E-state index in [-0.39, 0.29) is 17.4 Å². The highest BCUT2D eigenvalue weighted by atomic mass is 32.1. The number of carbonyl (C=O) groups excluding carboxylic acids is 1. The lowest BCUT2D eigenvalue weighted by Crippen LogP contribution is -2.47. The van der Waals surface area contributed by atoms with E-state index in [4.69, 9.17) is 5.73 Å². The van der Waals surface area contributed by atoms with Crippen LogP contribution in [0.15, 0.2) is 12.1 Å². The first-order valence-electron chi connectivity index (χ1n) is 11.8. The molecular formula is C22H30N8OS. The third-order valence-corrected chi connectivity index (χ3v) is 8.65. The Morgan fingerprint density at radius 3 is 2.47 bits per heavy atom. The molecule has 0 spiro atoms. The molecule has 9 nitrogen and oxygen atoms in total. The van der Waals surface area contributed by atoms with E-state index >= 15 is 0 Å². The Kier molecular flexibility index (Phi) is 4.93. The molecule has 0 radical (unpaired) electrons. The molecular weight excluding hydrogens is 424 g/mol. The van der Waals surface area contributed by atoms with Crippen LogP contribution in [0.2, 0.25) is 0 Å². The highest BCUT2D eigenvalue weighted by Crippen LogP contribution is 2.61. The molecule has 4 saturated carbocycles. The second kappa shape index (κ2) is 7.83. The van der Waals surface area contributed by atoms with E-state index in [1.807, 2.05) is 6.07 Å². The molecule has 5 fully saturated rings. The molecule has 4 N–H and O–H groups in total. The second-order valence-electron chi connectivity index (χ2n) is 10.4. The van der Waals surface area contributed by atoms with Gasteiger partial charge in [0.1, 0.15) is 5.82 Å². The normalized spacial score (nSPS) is 32.9. The maximum Gasteiger partial charge on any atom is 0.226 e. The number of amides is 1. The number of hydrogen-bond donors (Lipinski definition) is 3. The summed E-state index contributed by atoms with van der Waals surface area (Å²) >= 11 is 1.41. The van der Waals surface area contributed by atoms with Crippen molar-refractivity contribution in [3.05, 3.63) is 12.1 Å². The smallest absolute Gasteiger partial charge is 0.226 e. The minimum Gasteiger partial charge on any atom is -0.382 e. The predicted molar refractivity (Wildman–Crippen MR) is 124 cm³/mol. The van der Waals surface area contributed by atoms with Crippen LogP contribution in [0.5, 0.6) is 0 Å². The molecule has 3 heterocycles. The van der Waals surface area contributed by atoms with Gasteiger partial charge in [-0.2, -0.15) is 0 Å². The van der Waals surface area contributed by atoms with Crippen LogP contribution < -0.4 is 21.3 Å². The molecule has 5 aliphatic rings. The number of nitrogens with one attached hydrogen (secondary N) is 2. The SMILES string of the molecule is Nc1ccc(N2CC[C@@H](Nc3nnc(NC(=O)CC45CC6CC(CC(C6)C4)C5)s3)C2)nn1. The van der Waals surface area contributed by atoms with E-state index in [0.717, 1.165) is 48.2 Å². The molecule has 1 amide bonds. The summed E-state index contributed by atoms with van der Waals surface area (Å²) in [6.45, 7) is 1.70. The van der Waals surface area contributed by atoms with Crippen LogP contribution in [0.3, 0.4) is 0 Å². The topological polar surface area (TPSA) is 122 Å². The molecule has 4 bridgehead atoms. The molecule has 4 aliphatic carbocycles. The zero-order valence-electron chi connectivity index (χ0n) is 18.2. The van der Waals surface area contributed by atoms with Gasteiger partial charge >= 0.3 is 0 Å². The van der Waals surface area contributed by atoms with Crippen molar-refractivity contribution >= 4 is 39.1 Å². The summed E-state index contributed by atoms with van der Waals surface area (Å²) in [5.74, 6) is 3.93. The van der Waals surface area contributed by atoms with Gasteiger partial charge in [0.25, 0.3) is 0 Å². The molecule has 170 valence electrons.